The number of benzene rings is 1. The van der Waals surface area contributed by atoms with Crippen molar-refractivity contribution in [3.63, 3.8) is 0 Å². The van der Waals surface area contributed by atoms with Gasteiger partial charge >= 0.3 is 0 Å². The van der Waals surface area contributed by atoms with E-state index in [1.165, 1.54) is 32.4 Å². The Morgan fingerprint density at radius 1 is 1.03 bits per heavy atom. The second-order valence-electron chi connectivity index (χ2n) is 7.90. The zero-order valence-corrected chi connectivity index (χ0v) is 18.7. The summed E-state index contributed by atoms with van der Waals surface area (Å²) >= 11 is 6.05. The van der Waals surface area contributed by atoms with Crippen LogP contribution in [-0.2, 0) is 0 Å². The predicted octanol–water partition coefficient (Wildman–Crippen LogP) is 4.54. The number of likely N-dealkylation sites (tertiary alicyclic amines) is 1. The van der Waals surface area contributed by atoms with Gasteiger partial charge in [0.2, 0.25) is 0 Å². The van der Waals surface area contributed by atoms with Crippen molar-refractivity contribution in [2.45, 2.75) is 25.7 Å². The second kappa shape index (κ2) is 11.0. The van der Waals surface area contributed by atoms with Crippen LogP contribution in [0.4, 0.5) is 11.5 Å². The maximum atomic E-state index is 12.6. The molecule has 2 aromatic heterocycles. The number of nitrogens with zero attached hydrogens (tertiary/aromatic N) is 4. The number of rotatable bonds is 8. The number of pyridine rings is 1. The van der Waals surface area contributed by atoms with Crippen molar-refractivity contribution in [1.82, 2.24) is 25.2 Å². The Labute approximate surface area is 193 Å². The lowest BCUT2D eigenvalue weighted by Crippen LogP contribution is -2.33. The summed E-state index contributed by atoms with van der Waals surface area (Å²) in [4.78, 5) is 28.2. The van der Waals surface area contributed by atoms with E-state index in [0.29, 0.717) is 28.6 Å². The molecule has 0 saturated carbocycles. The quantitative estimate of drug-likeness (QED) is 0.490. The lowest BCUT2D eigenvalue weighted by atomic mass is 10.1. The van der Waals surface area contributed by atoms with Gasteiger partial charge in [0.15, 0.2) is 0 Å². The van der Waals surface area contributed by atoms with Crippen molar-refractivity contribution in [1.29, 1.82) is 0 Å². The molecule has 1 fully saturated rings. The van der Waals surface area contributed by atoms with Crippen LogP contribution in [-0.4, -0.2) is 51.9 Å². The van der Waals surface area contributed by atoms with Gasteiger partial charge in [-0.05, 0) is 63.2 Å². The highest BCUT2D eigenvalue weighted by molar-refractivity contribution is 6.30. The van der Waals surface area contributed by atoms with Gasteiger partial charge in [-0.3, -0.25) is 14.8 Å². The van der Waals surface area contributed by atoms with Crippen molar-refractivity contribution < 1.29 is 4.79 Å². The summed E-state index contributed by atoms with van der Waals surface area (Å²) in [6, 6.07) is 9.18. The maximum absolute atomic E-state index is 12.6. The lowest BCUT2D eigenvalue weighted by Gasteiger charge is -2.26. The van der Waals surface area contributed by atoms with Crippen LogP contribution in [0.2, 0.25) is 5.02 Å². The summed E-state index contributed by atoms with van der Waals surface area (Å²) in [5.74, 6) is 0.455. The average molecular weight is 451 g/mol. The highest BCUT2D eigenvalue weighted by atomic mass is 35.5. The monoisotopic (exact) mass is 450 g/mol. The van der Waals surface area contributed by atoms with Gasteiger partial charge in [-0.15, -0.1) is 0 Å². The number of hydrogen-bond donors (Lipinski definition) is 2. The third-order valence-corrected chi connectivity index (χ3v) is 5.65. The van der Waals surface area contributed by atoms with E-state index in [1.54, 1.807) is 30.9 Å². The summed E-state index contributed by atoms with van der Waals surface area (Å²) < 4.78 is 0. The highest BCUT2D eigenvalue weighted by Gasteiger charge is 2.11. The van der Waals surface area contributed by atoms with Crippen LogP contribution in [0.3, 0.4) is 0 Å². The number of hydrogen-bond acceptors (Lipinski definition) is 6. The van der Waals surface area contributed by atoms with Crippen molar-refractivity contribution >= 4 is 29.0 Å². The fourth-order valence-corrected chi connectivity index (χ4v) is 3.96. The smallest absolute Gasteiger partial charge is 0.252 e. The maximum Gasteiger partial charge on any atom is 0.252 e. The molecule has 1 aliphatic heterocycles. The molecule has 32 heavy (non-hydrogen) atoms. The first-order valence-electron chi connectivity index (χ1n) is 11.0. The highest BCUT2D eigenvalue weighted by Crippen LogP contribution is 2.22. The molecule has 0 atom stereocenters. The summed E-state index contributed by atoms with van der Waals surface area (Å²) in [7, 11) is 0. The number of anilines is 2. The fourth-order valence-electron chi connectivity index (χ4n) is 3.77. The Kier molecular flexibility index (Phi) is 7.64. The molecule has 2 N–H and O–H groups in total. The molecule has 8 heteroatoms. The first kappa shape index (κ1) is 22.2. The molecule has 0 spiro atoms. The van der Waals surface area contributed by atoms with Gasteiger partial charge in [-0.2, -0.15) is 0 Å². The van der Waals surface area contributed by atoms with Gasteiger partial charge in [-0.25, -0.2) is 4.98 Å². The predicted molar refractivity (Wildman–Crippen MR) is 127 cm³/mol. The normalized spacial score (nSPS) is 14.2. The van der Waals surface area contributed by atoms with Crippen molar-refractivity contribution in [3.05, 3.63) is 65.7 Å². The first-order valence-corrected chi connectivity index (χ1v) is 11.4. The van der Waals surface area contributed by atoms with Crippen LogP contribution < -0.4 is 10.6 Å². The molecule has 0 unspecified atom stereocenters. The summed E-state index contributed by atoms with van der Waals surface area (Å²) in [5, 5.41) is 6.83. The second-order valence-corrected chi connectivity index (χ2v) is 8.34. The van der Waals surface area contributed by atoms with E-state index in [0.717, 1.165) is 24.2 Å². The molecule has 7 nitrogen and oxygen atoms in total. The third-order valence-electron chi connectivity index (χ3n) is 5.41. The minimum Gasteiger partial charge on any atom is -0.352 e. The Morgan fingerprint density at radius 2 is 1.88 bits per heavy atom. The summed E-state index contributed by atoms with van der Waals surface area (Å²) in [6.45, 7) is 4.03. The number of amides is 1. The molecular weight excluding hydrogens is 424 g/mol. The molecule has 1 aliphatic rings. The standard InChI is InChI=1S/C24H27ClN6O/c25-20-6-4-7-21(13-20)29-23-17-27-16-22(30-23)18-12-19(15-26-14-18)24(32)28-8-5-11-31-9-2-1-3-10-31/h4,6-7,12-17H,1-3,5,8-11H2,(H,28,32)(H,29,30). The van der Waals surface area contributed by atoms with Gasteiger partial charge in [0.05, 0.1) is 23.7 Å². The lowest BCUT2D eigenvalue weighted by molar-refractivity contribution is 0.0950. The number of nitrogens with one attached hydrogen (secondary N) is 2. The molecule has 3 aromatic rings. The third kappa shape index (κ3) is 6.24. The zero-order chi connectivity index (χ0) is 22.2. The van der Waals surface area contributed by atoms with Crippen LogP contribution in [0, 0.1) is 0 Å². The topological polar surface area (TPSA) is 83.0 Å². The van der Waals surface area contributed by atoms with Crippen LogP contribution in [0.1, 0.15) is 36.0 Å². The van der Waals surface area contributed by atoms with Crippen molar-refractivity contribution in [3.8, 4) is 11.3 Å². The minimum atomic E-state index is -0.126. The number of piperidine rings is 1. The van der Waals surface area contributed by atoms with E-state index in [1.807, 2.05) is 24.3 Å². The van der Waals surface area contributed by atoms with E-state index in [4.69, 9.17) is 11.6 Å². The first-order chi connectivity index (χ1) is 15.7. The van der Waals surface area contributed by atoms with Gasteiger partial charge in [0, 0.05) is 35.2 Å². The van der Waals surface area contributed by atoms with Gasteiger partial charge in [0.25, 0.3) is 5.91 Å². The number of carbonyl (C=O) groups is 1. The fraction of sp³-hybridized carbons (Fsp3) is 0.333. The van der Waals surface area contributed by atoms with E-state index >= 15 is 0 Å². The van der Waals surface area contributed by atoms with Crippen molar-refractivity contribution in [2.75, 3.05) is 31.5 Å². The van der Waals surface area contributed by atoms with E-state index in [-0.39, 0.29) is 5.91 Å². The van der Waals surface area contributed by atoms with E-state index in [2.05, 4.69) is 30.5 Å². The van der Waals surface area contributed by atoms with Gasteiger partial charge < -0.3 is 15.5 Å². The molecule has 4 rings (SSSR count). The molecular formula is C24H27ClN6O. The Balaban J connectivity index is 1.36. The minimum absolute atomic E-state index is 0.126. The molecule has 0 radical (unpaired) electrons. The molecule has 3 heterocycles. The Morgan fingerprint density at radius 3 is 2.72 bits per heavy atom. The SMILES string of the molecule is O=C(NCCCN1CCCCC1)c1cncc(-c2cncc(Nc3cccc(Cl)c3)n2)c1. The van der Waals surface area contributed by atoms with Crippen molar-refractivity contribution in [2.24, 2.45) is 0 Å². The number of halogens is 1. The molecule has 0 bridgehead atoms. The summed E-state index contributed by atoms with van der Waals surface area (Å²) in [6.07, 6.45) is 11.4. The number of carbonyl (C=O) groups excluding carboxylic acids is 1. The van der Waals surface area contributed by atoms with E-state index in [9.17, 15) is 4.79 Å². The van der Waals surface area contributed by atoms with Crippen LogP contribution >= 0.6 is 11.6 Å². The average Bonchev–Trinajstić information content (AvgIpc) is 2.83. The van der Waals surface area contributed by atoms with Gasteiger partial charge in [-0.1, -0.05) is 24.1 Å². The Hall–Kier alpha value is -3.03. The summed E-state index contributed by atoms with van der Waals surface area (Å²) in [5.41, 5.74) is 2.69. The largest absolute Gasteiger partial charge is 0.352 e. The molecule has 1 aromatic carbocycles. The van der Waals surface area contributed by atoms with Crippen LogP contribution in [0.25, 0.3) is 11.3 Å². The van der Waals surface area contributed by atoms with Gasteiger partial charge in [0.1, 0.15) is 5.82 Å². The molecule has 0 aliphatic carbocycles. The van der Waals surface area contributed by atoms with Crippen LogP contribution in [0.15, 0.2) is 55.1 Å². The molecule has 1 amide bonds. The Bertz CT molecular complexity index is 1050. The molecule has 1 saturated heterocycles. The number of aromatic nitrogens is 3. The molecule has 166 valence electrons. The van der Waals surface area contributed by atoms with E-state index < -0.39 is 0 Å². The zero-order valence-electron chi connectivity index (χ0n) is 17.9. The van der Waals surface area contributed by atoms with Crippen LogP contribution in [0.5, 0.6) is 0 Å².